The Morgan fingerprint density at radius 1 is 1.08 bits per heavy atom. The zero-order valence-corrected chi connectivity index (χ0v) is 20.9. The van der Waals surface area contributed by atoms with Crippen LogP contribution in [-0.4, -0.2) is 49.4 Å². The Balaban J connectivity index is 1.52. The number of aromatic nitrogens is 1. The highest BCUT2D eigenvalue weighted by Crippen LogP contribution is 2.32. The lowest BCUT2D eigenvalue weighted by Crippen LogP contribution is -2.40. The van der Waals surface area contributed by atoms with Crippen molar-refractivity contribution in [1.82, 2.24) is 9.29 Å². The van der Waals surface area contributed by atoms with Gasteiger partial charge in [-0.05, 0) is 60.0 Å². The van der Waals surface area contributed by atoms with Gasteiger partial charge in [0.05, 0.1) is 18.0 Å². The van der Waals surface area contributed by atoms with E-state index in [-0.39, 0.29) is 24.2 Å². The second kappa shape index (κ2) is 10.8. The Hall–Kier alpha value is -3.38. The summed E-state index contributed by atoms with van der Waals surface area (Å²) >= 11 is 0. The van der Waals surface area contributed by atoms with E-state index >= 15 is 0 Å². The summed E-state index contributed by atoms with van der Waals surface area (Å²) in [5, 5.41) is 0. The minimum Gasteiger partial charge on any atom is -0.497 e. The zero-order chi connectivity index (χ0) is 27.7. The van der Waals surface area contributed by atoms with Gasteiger partial charge in [0.1, 0.15) is 23.4 Å². The summed E-state index contributed by atoms with van der Waals surface area (Å²) < 4.78 is 98.3. The number of halogens is 5. The molecule has 38 heavy (non-hydrogen) atoms. The lowest BCUT2D eigenvalue weighted by Gasteiger charge is -2.23. The van der Waals surface area contributed by atoms with Gasteiger partial charge in [0.25, 0.3) is 0 Å². The molecule has 4 rings (SSSR count). The monoisotopic (exact) mass is 554 g/mol. The molecule has 1 aromatic heterocycles. The van der Waals surface area contributed by atoms with Crippen molar-refractivity contribution >= 4 is 15.8 Å². The Morgan fingerprint density at radius 2 is 1.79 bits per heavy atom. The van der Waals surface area contributed by atoms with Crippen LogP contribution in [0.5, 0.6) is 5.75 Å². The van der Waals surface area contributed by atoms with Crippen LogP contribution in [0.1, 0.15) is 24.1 Å². The average Bonchev–Trinajstić information content (AvgIpc) is 3.29. The maximum atomic E-state index is 14.3. The molecule has 2 heterocycles. The van der Waals surface area contributed by atoms with Crippen LogP contribution in [0, 0.1) is 5.82 Å². The number of benzene rings is 2. The van der Waals surface area contributed by atoms with Crippen molar-refractivity contribution in [2.75, 3.05) is 13.7 Å². The Labute approximate surface area is 216 Å². The number of ketones is 1. The number of rotatable bonds is 8. The fraction of sp³-hybridized carbons (Fsp3) is 0.308. The third-order valence-electron chi connectivity index (χ3n) is 6.25. The van der Waals surface area contributed by atoms with Gasteiger partial charge in [-0.1, -0.05) is 12.1 Å². The molecule has 1 aliphatic heterocycles. The molecule has 2 atom stereocenters. The van der Waals surface area contributed by atoms with E-state index in [2.05, 4.69) is 4.98 Å². The topological polar surface area (TPSA) is 76.6 Å². The van der Waals surface area contributed by atoms with E-state index in [1.807, 2.05) is 0 Å². The van der Waals surface area contributed by atoms with Gasteiger partial charge in [0.2, 0.25) is 10.0 Å². The number of nitrogens with zero attached hydrogens (tertiary/aromatic N) is 2. The van der Waals surface area contributed by atoms with Gasteiger partial charge >= 0.3 is 6.18 Å². The van der Waals surface area contributed by atoms with Gasteiger partial charge in [-0.15, -0.1) is 0 Å². The number of carbonyl (C=O) groups excluding carboxylic acids is 1. The average molecular weight is 555 g/mol. The molecule has 0 aliphatic carbocycles. The minimum atomic E-state index is -4.57. The number of Topliss-reactive ketones (excluding diaryl/α,β-unsaturated/α-hetero) is 1. The molecule has 0 saturated carbocycles. The number of hydrogen-bond acceptors (Lipinski definition) is 5. The molecule has 202 valence electrons. The van der Waals surface area contributed by atoms with Gasteiger partial charge in [-0.25, -0.2) is 17.2 Å². The van der Waals surface area contributed by atoms with E-state index in [0.717, 1.165) is 40.8 Å². The molecular formula is C26H23F5N2O4S. The van der Waals surface area contributed by atoms with Crippen LogP contribution in [-0.2, 0) is 27.4 Å². The van der Waals surface area contributed by atoms with Crippen LogP contribution in [0.4, 0.5) is 22.0 Å². The lowest BCUT2D eigenvalue weighted by atomic mass is 9.98. The molecule has 2 aromatic carbocycles. The highest BCUT2D eigenvalue weighted by atomic mass is 32.2. The van der Waals surface area contributed by atoms with Crippen molar-refractivity contribution in [2.24, 2.45) is 0 Å². The van der Waals surface area contributed by atoms with Crippen LogP contribution in [0.15, 0.2) is 65.7 Å². The summed E-state index contributed by atoms with van der Waals surface area (Å²) in [6.45, 7) is -0.486. The van der Waals surface area contributed by atoms with Crippen molar-refractivity contribution in [3.63, 3.8) is 0 Å². The van der Waals surface area contributed by atoms with Gasteiger partial charge < -0.3 is 4.74 Å². The predicted octanol–water partition coefficient (Wildman–Crippen LogP) is 5.22. The third-order valence-corrected chi connectivity index (χ3v) is 8.13. The van der Waals surface area contributed by atoms with Crippen LogP contribution in [0.3, 0.4) is 0 Å². The number of carbonyl (C=O) groups is 1. The molecule has 1 saturated heterocycles. The largest absolute Gasteiger partial charge is 0.497 e. The molecule has 3 aromatic rings. The molecule has 12 heteroatoms. The number of aryl methyl sites for hydroxylation is 1. The van der Waals surface area contributed by atoms with Crippen LogP contribution >= 0.6 is 0 Å². The number of sulfonamides is 1. The van der Waals surface area contributed by atoms with Crippen molar-refractivity contribution < 1.29 is 39.9 Å². The summed E-state index contributed by atoms with van der Waals surface area (Å²) in [5.74, 6) is -0.724. The third kappa shape index (κ3) is 6.02. The number of alkyl halides is 4. The van der Waals surface area contributed by atoms with Gasteiger partial charge in [-0.2, -0.15) is 17.5 Å². The van der Waals surface area contributed by atoms with Crippen LogP contribution in [0.2, 0.25) is 0 Å². The van der Waals surface area contributed by atoms with Crippen LogP contribution < -0.4 is 4.74 Å². The van der Waals surface area contributed by atoms with E-state index in [1.54, 1.807) is 18.2 Å². The number of pyridine rings is 1. The molecule has 6 nitrogen and oxygen atoms in total. The standard InChI is InChI=1S/C26H23F5N2O4S/c1-37-21-11-16(10-18(12-21)17-3-9-25(32-14-17)26(29,30)31)2-8-24(34)23-13-20(28)15-33(23)38(35,36)22-6-4-19(27)5-7-22/h3-7,9-12,14,20,23H,2,8,13,15H2,1H3/t20-,23+/m1/s1. The van der Waals surface area contributed by atoms with Crippen molar-refractivity contribution in [3.8, 4) is 16.9 Å². The molecule has 0 amide bonds. The van der Waals surface area contributed by atoms with E-state index in [9.17, 15) is 35.2 Å². The van der Waals surface area contributed by atoms with Gasteiger partial charge in [-0.3, -0.25) is 9.78 Å². The van der Waals surface area contributed by atoms with Crippen molar-refractivity contribution in [2.45, 2.75) is 42.5 Å². The first-order valence-corrected chi connectivity index (χ1v) is 13.0. The minimum absolute atomic E-state index is 0.120. The number of methoxy groups -OCH3 is 1. The normalized spacial score (nSPS) is 18.5. The number of hydrogen-bond donors (Lipinski definition) is 0. The molecule has 1 aliphatic rings. The van der Waals surface area contributed by atoms with E-state index in [0.29, 0.717) is 22.4 Å². The molecule has 0 spiro atoms. The SMILES string of the molecule is COc1cc(CCC(=O)[C@@H]2C[C@@H](F)CN2S(=O)(=O)c2ccc(F)cc2)cc(-c2ccc(C(F)(F)F)nc2)c1. The first kappa shape index (κ1) is 27.6. The van der Waals surface area contributed by atoms with E-state index < -0.39 is 52.3 Å². The van der Waals surface area contributed by atoms with Gasteiger partial charge in [0, 0.05) is 31.1 Å². The second-order valence-corrected chi connectivity index (χ2v) is 10.7. The molecule has 1 fully saturated rings. The maximum Gasteiger partial charge on any atom is 0.433 e. The molecule has 0 bridgehead atoms. The second-order valence-electron chi connectivity index (χ2n) is 8.84. The first-order valence-electron chi connectivity index (χ1n) is 11.5. The zero-order valence-electron chi connectivity index (χ0n) is 20.1. The lowest BCUT2D eigenvalue weighted by molar-refractivity contribution is -0.141. The fourth-order valence-corrected chi connectivity index (χ4v) is 5.96. The summed E-state index contributed by atoms with van der Waals surface area (Å²) in [7, 11) is -2.82. The molecular weight excluding hydrogens is 531 g/mol. The Kier molecular flexibility index (Phi) is 7.84. The molecule has 0 N–H and O–H groups in total. The molecule has 0 radical (unpaired) electrons. The van der Waals surface area contributed by atoms with Crippen molar-refractivity contribution in [1.29, 1.82) is 0 Å². The number of ether oxygens (including phenoxy) is 1. The highest BCUT2D eigenvalue weighted by molar-refractivity contribution is 7.89. The maximum absolute atomic E-state index is 14.3. The predicted molar refractivity (Wildman–Crippen MR) is 128 cm³/mol. The summed E-state index contributed by atoms with van der Waals surface area (Å²) in [5.41, 5.74) is 0.489. The first-order chi connectivity index (χ1) is 17.9. The van der Waals surface area contributed by atoms with E-state index in [1.165, 1.54) is 13.2 Å². The van der Waals surface area contributed by atoms with Crippen molar-refractivity contribution in [3.05, 3.63) is 77.9 Å². The summed E-state index contributed by atoms with van der Waals surface area (Å²) in [4.78, 5) is 16.3. The fourth-order valence-electron chi connectivity index (χ4n) is 4.31. The molecule has 0 unspecified atom stereocenters. The van der Waals surface area contributed by atoms with Crippen LogP contribution in [0.25, 0.3) is 11.1 Å². The summed E-state index contributed by atoms with van der Waals surface area (Å²) in [6, 6.07) is 9.91. The highest BCUT2D eigenvalue weighted by Gasteiger charge is 2.43. The van der Waals surface area contributed by atoms with Gasteiger partial charge in [0.15, 0.2) is 5.78 Å². The Bertz CT molecular complexity index is 1410. The summed E-state index contributed by atoms with van der Waals surface area (Å²) in [6.07, 6.45) is -5.28. The Morgan fingerprint density at radius 3 is 2.39 bits per heavy atom. The quantitative estimate of drug-likeness (QED) is 0.357. The smallest absolute Gasteiger partial charge is 0.433 e. The van der Waals surface area contributed by atoms with E-state index in [4.69, 9.17) is 4.74 Å².